The molecule has 1 aliphatic heterocycles. The Morgan fingerprint density at radius 1 is 1.37 bits per heavy atom. The Bertz CT molecular complexity index is 749. The lowest BCUT2D eigenvalue weighted by atomic mass is 10.0. The highest BCUT2D eigenvalue weighted by molar-refractivity contribution is 5.89. The first-order valence-corrected chi connectivity index (χ1v) is 9.21. The molecule has 2 heterocycles. The first-order valence-electron chi connectivity index (χ1n) is 9.21. The van der Waals surface area contributed by atoms with Crippen molar-refractivity contribution in [1.82, 2.24) is 15.0 Å². The van der Waals surface area contributed by atoms with E-state index in [-0.39, 0.29) is 18.7 Å². The van der Waals surface area contributed by atoms with Crippen molar-refractivity contribution in [3.8, 4) is 0 Å². The second-order valence-corrected chi connectivity index (χ2v) is 6.60. The van der Waals surface area contributed by atoms with Gasteiger partial charge in [-0.1, -0.05) is 17.3 Å². The molecule has 1 aromatic heterocycles. The van der Waals surface area contributed by atoms with Crippen LogP contribution in [0.1, 0.15) is 42.6 Å². The molecule has 2 aromatic rings. The Balaban J connectivity index is 1.64. The molecule has 0 saturated carbocycles. The zero-order valence-electron chi connectivity index (χ0n) is 15.8. The van der Waals surface area contributed by atoms with Crippen molar-refractivity contribution in [2.45, 2.75) is 38.8 Å². The zero-order chi connectivity index (χ0) is 19.1. The molecule has 8 heteroatoms. The predicted molar refractivity (Wildman–Crippen MR) is 99.3 cm³/mol. The van der Waals surface area contributed by atoms with Crippen LogP contribution in [0.25, 0.3) is 0 Å². The number of aryl methyl sites for hydroxylation is 1. The molecule has 1 saturated heterocycles. The Hall–Kier alpha value is -2.45. The van der Waals surface area contributed by atoms with Gasteiger partial charge in [0.05, 0.1) is 19.3 Å². The Morgan fingerprint density at radius 3 is 3.07 bits per heavy atom. The molecular weight excluding hydrogens is 348 g/mol. The number of urea groups is 1. The molecule has 1 aromatic carbocycles. The number of amides is 2. The second kappa shape index (κ2) is 9.48. The fourth-order valence-corrected chi connectivity index (χ4v) is 3.12. The summed E-state index contributed by atoms with van der Waals surface area (Å²) in [5.74, 6) is 0.935. The number of hydrogen-bond donors (Lipinski definition) is 1. The number of ether oxygens (including phenoxy) is 2. The number of anilines is 1. The molecule has 8 nitrogen and oxygen atoms in total. The topological polar surface area (TPSA) is 89.7 Å². The van der Waals surface area contributed by atoms with E-state index in [4.69, 9.17) is 14.0 Å². The van der Waals surface area contributed by atoms with Gasteiger partial charge in [0.25, 0.3) is 5.89 Å². The molecule has 1 atom stereocenters. The van der Waals surface area contributed by atoms with Gasteiger partial charge in [-0.05, 0) is 43.9 Å². The minimum Gasteiger partial charge on any atom is -0.382 e. The maximum absolute atomic E-state index is 12.8. The number of methoxy groups -OCH3 is 1. The van der Waals surface area contributed by atoms with Crippen LogP contribution in [0.4, 0.5) is 10.5 Å². The number of nitrogens with one attached hydrogen (secondary N) is 1. The predicted octanol–water partition coefficient (Wildman–Crippen LogP) is 3.30. The minimum absolute atomic E-state index is 0.145. The standard InChI is InChI=1S/C19H26N4O4/c1-14-6-5-7-15(12-14)20-19(24)23-9-4-3-8-16(23)18-21-17(27-22-18)13-26-11-10-25-2/h5-7,12,16H,3-4,8-11,13H2,1-2H3,(H,20,24). The van der Waals surface area contributed by atoms with E-state index < -0.39 is 0 Å². The average molecular weight is 374 g/mol. The van der Waals surface area contributed by atoms with Gasteiger partial charge in [0, 0.05) is 19.3 Å². The number of piperidine rings is 1. The number of carbonyl (C=O) groups excluding carboxylic acids is 1. The zero-order valence-corrected chi connectivity index (χ0v) is 15.8. The molecule has 2 amide bonds. The third-order valence-electron chi connectivity index (χ3n) is 4.47. The van der Waals surface area contributed by atoms with Crippen molar-refractivity contribution in [3.05, 3.63) is 41.5 Å². The van der Waals surface area contributed by atoms with Crippen molar-refractivity contribution in [3.63, 3.8) is 0 Å². The van der Waals surface area contributed by atoms with Crippen LogP contribution >= 0.6 is 0 Å². The number of rotatable bonds is 7. The van der Waals surface area contributed by atoms with Crippen LogP contribution in [0.5, 0.6) is 0 Å². The van der Waals surface area contributed by atoms with Crippen molar-refractivity contribution >= 4 is 11.7 Å². The second-order valence-electron chi connectivity index (χ2n) is 6.60. The number of aromatic nitrogens is 2. The molecule has 0 spiro atoms. The van der Waals surface area contributed by atoms with Crippen LogP contribution in [0, 0.1) is 6.92 Å². The van der Waals surface area contributed by atoms with Gasteiger partial charge < -0.3 is 24.2 Å². The minimum atomic E-state index is -0.194. The largest absolute Gasteiger partial charge is 0.382 e. The SMILES string of the molecule is COCCOCc1nc(C2CCCCN2C(=O)Nc2cccc(C)c2)no1. The molecule has 1 N–H and O–H groups in total. The fraction of sp³-hybridized carbons (Fsp3) is 0.526. The lowest BCUT2D eigenvalue weighted by molar-refractivity contribution is 0.0494. The summed E-state index contributed by atoms with van der Waals surface area (Å²) in [6.45, 7) is 3.86. The quantitative estimate of drug-likeness (QED) is 0.748. The Kier molecular flexibility index (Phi) is 6.78. The van der Waals surface area contributed by atoms with Gasteiger partial charge >= 0.3 is 6.03 Å². The van der Waals surface area contributed by atoms with Crippen LogP contribution in [0.2, 0.25) is 0 Å². The number of likely N-dealkylation sites (tertiary alicyclic amines) is 1. The fourth-order valence-electron chi connectivity index (χ4n) is 3.12. The van der Waals surface area contributed by atoms with E-state index >= 15 is 0 Å². The van der Waals surface area contributed by atoms with E-state index in [1.807, 2.05) is 31.2 Å². The summed E-state index contributed by atoms with van der Waals surface area (Å²) in [4.78, 5) is 19.0. The van der Waals surface area contributed by atoms with E-state index in [2.05, 4.69) is 15.5 Å². The number of benzene rings is 1. The smallest absolute Gasteiger partial charge is 0.322 e. The van der Waals surface area contributed by atoms with Crippen molar-refractivity contribution < 1.29 is 18.8 Å². The van der Waals surface area contributed by atoms with E-state index in [1.54, 1.807) is 12.0 Å². The molecule has 3 rings (SSSR count). The maximum Gasteiger partial charge on any atom is 0.322 e. The monoisotopic (exact) mass is 374 g/mol. The van der Waals surface area contributed by atoms with Gasteiger partial charge in [0.2, 0.25) is 0 Å². The molecule has 1 unspecified atom stereocenters. The van der Waals surface area contributed by atoms with Gasteiger partial charge in [0.1, 0.15) is 6.61 Å². The number of nitrogens with zero attached hydrogens (tertiary/aromatic N) is 3. The van der Waals surface area contributed by atoms with Crippen molar-refractivity contribution in [2.24, 2.45) is 0 Å². The van der Waals surface area contributed by atoms with Crippen LogP contribution in [-0.2, 0) is 16.1 Å². The molecule has 1 aliphatic rings. The van der Waals surface area contributed by atoms with E-state index in [0.717, 1.165) is 30.5 Å². The summed E-state index contributed by atoms with van der Waals surface area (Å²) in [6.07, 6.45) is 2.79. The molecule has 0 aliphatic carbocycles. The summed E-state index contributed by atoms with van der Waals surface area (Å²) < 4.78 is 15.6. The van der Waals surface area contributed by atoms with Gasteiger partial charge in [0.15, 0.2) is 5.82 Å². The summed E-state index contributed by atoms with van der Waals surface area (Å²) in [5.41, 5.74) is 1.88. The van der Waals surface area contributed by atoms with E-state index in [0.29, 0.717) is 31.5 Å². The van der Waals surface area contributed by atoms with Crippen LogP contribution < -0.4 is 5.32 Å². The molecule has 1 fully saturated rings. The highest BCUT2D eigenvalue weighted by atomic mass is 16.5. The van der Waals surface area contributed by atoms with Crippen molar-refractivity contribution in [1.29, 1.82) is 0 Å². The molecule has 27 heavy (non-hydrogen) atoms. The van der Waals surface area contributed by atoms with Crippen LogP contribution in [0.15, 0.2) is 28.8 Å². The summed E-state index contributed by atoms with van der Waals surface area (Å²) in [7, 11) is 1.62. The van der Waals surface area contributed by atoms with Gasteiger partial charge in [-0.3, -0.25) is 0 Å². The Morgan fingerprint density at radius 2 is 2.26 bits per heavy atom. The molecule has 146 valence electrons. The van der Waals surface area contributed by atoms with E-state index in [1.165, 1.54) is 0 Å². The maximum atomic E-state index is 12.8. The van der Waals surface area contributed by atoms with Crippen LogP contribution in [0.3, 0.4) is 0 Å². The third kappa shape index (κ3) is 5.27. The molecular formula is C19H26N4O4. The van der Waals surface area contributed by atoms with E-state index in [9.17, 15) is 4.79 Å². The highest BCUT2D eigenvalue weighted by Gasteiger charge is 2.31. The third-order valence-corrected chi connectivity index (χ3v) is 4.47. The summed E-state index contributed by atoms with van der Waals surface area (Å²) in [5, 5.41) is 7.04. The first-order chi connectivity index (χ1) is 13.2. The normalized spacial score (nSPS) is 17.1. The lowest BCUT2D eigenvalue weighted by Crippen LogP contribution is -2.41. The van der Waals surface area contributed by atoms with Gasteiger partial charge in [-0.25, -0.2) is 4.79 Å². The number of hydrogen-bond acceptors (Lipinski definition) is 6. The number of carbonyl (C=O) groups is 1. The first kappa shape index (κ1) is 19.3. The summed E-state index contributed by atoms with van der Waals surface area (Å²) >= 11 is 0. The van der Waals surface area contributed by atoms with Crippen molar-refractivity contribution in [2.75, 3.05) is 32.2 Å². The average Bonchev–Trinajstić information content (AvgIpc) is 3.14. The highest BCUT2D eigenvalue weighted by Crippen LogP contribution is 2.30. The van der Waals surface area contributed by atoms with Gasteiger partial charge in [-0.15, -0.1) is 0 Å². The molecule has 0 bridgehead atoms. The molecule has 0 radical (unpaired) electrons. The lowest BCUT2D eigenvalue weighted by Gasteiger charge is -2.33. The summed E-state index contributed by atoms with van der Waals surface area (Å²) in [6, 6.07) is 7.41. The Labute approximate surface area is 158 Å². The van der Waals surface area contributed by atoms with Crippen LogP contribution in [-0.4, -0.2) is 47.9 Å². The van der Waals surface area contributed by atoms with Gasteiger partial charge in [-0.2, -0.15) is 4.98 Å².